The third-order valence-corrected chi connectivity index (χ3v) is 7.35. The Morgan fingerprint density at radius 1 is 1.11 bits per heavy atom. The number of carbonyl (C=O) groups is 3. The lowest BCUT2D eigenvalue weighted by molar-refractivity contribution is -0.140. The van der Waals surface area contributed by atoms with Gasteiger partial charge in [0, 0.05) is 18.7 Å². The van der Waals surface area contributed by atoms with Gasteiger partial charge < -0.3 is 20.1 Å². The highest BCUT2D eigenvalue weighted by Gasteiger charge is 2.36. The van der Waals surface area contributed by atoms with Crippen LogP contribution in [0.2, 0.25) is 0 Å². The molecule has 1 aromatic heterocycles. The fourth-order valence-corrected chi connectivity index (χ4v) is 5.76. The van der Waals surface area contributed by atoms with Crippen molar-refractivity contribution in [2.75, 3.05) is 18.2 Å². The van der Waals surface area contributed by atoms with Gasteiger partial charge in [0.15, 0.2) is 0 Å². The number of alkyl carbamates (subject to hydrolysis) is 1. The molecule has 0 unspecified atom stereocenters. The highest BCUT2D eigenvalue weighted by Crippen LogP contribution is 2.44. The van der Waals surface area contributed by atoms with Crippen molar-refractivity contribution in [1.29, 1.82) is 0 Å². The highest BCUT2D eigenvalue weighted by atomic mass is 32.2. The fourth-order valence-electron chi connectivity index (χ4n) is 4.62. The maximum atomic E-state index is 12.9. The van der Waals surface area contributed by atoms with E-state index in [1.165, 1.54) is 21.3 Å². The number of amides is 2. The van der Waals surface area contributed by atoms with Crippen molar-refractivity contribution in [3.63, 3.8) is 0 Å². The van der Waals surface area contributed by atoms with E-state index in [-0.39, 0.29) is 24.8 Å². The third kappa shape index (κ3) is 4.37. The van der Waals surface area contributed by atoms with Crippen LogP contribution in [0.4, 0.5) is 4.79 Å². The summed E-state index contributed by atoms with van der Waals surface area (Å²) in [6.07, 6.45) is -0.577. The number of carbonyl (C=O) groups excluding carboxylic acids is 2. The number of nitrogens with zero attached hydrogens (tertiary/aromatic N) is 3. The molecule has 180 valence electrons. The Bertz CT molecular complexity index is 1260. The second-order valence-corrected chi connectivity index (χ2v) is 9.45. The second-order valence-electron chi connectivity index (χ2n) is 8.45. The maximum Gasteiger partial charge on any atom is 0.407 e. The van der Waals surface area contributed by atoms with Crippen LogP contribution in [-0.2, 0) is 23.1 Å². The van der Waals surface area contributed by atoms with Crippen LogP contribution in [0.25, 0.3) is 11.1 Å². The first kappa shape index (κ1) is 23.0. The van der Waals surface area contributed by atoms with Crippen molar-refractivity contribution in [3.05, 3.63) is 77.1 Å². The fraction of sp³-hybridized carbons (Fsp3) is 0.280. The Morgan fingerprint density at radius 2 is 1.77 bits per heavy atom. The number of nitrogens with one attached hydrogen (secondary N) is 1. The zero-order valence-corrected chi connectivity index (χ0v) is 19.8. The van der Waals surface area contributed by atoms with Crippen molar-refractivity contribution in [3.8, 4) is 11.1 Å². The summed E-state index contributed by atoms with van der Waals surface area (Å²) in [7, 11) is 1.61. The van der Waals surface area contributed by atoms with E-state index < -0.39 is 24.0 Å². The molecular weight excluding hydrogens is 468 g/mol. The van der Waals surface area contributed by atoms with Crippen LogP contribution in [0, 0.1) is 0 Å². The Morgan fingerprint density at radius 3 is 2.43 bits per heavy atom. The van der Waals surface area contributed by atoms with E-state index in [1.807, 2.05) is 24.3 Å². The molecule has 10 heteroatoms. The molecule has 2 heterocycles. The van der Waals surface area contributed by atoms with Crippen LogP contribution >= 0.6 is 11.8 Å². The van der Waals surface area contributed by atoms with Gasteiger partial charge in [0.05, 0.1) is 18.1 Å². The third-order valence-electron chi connectivity index (χ3n) is 6.34. The molecule has 35 heavy (non-hydrogen) atoms. The number of fused-ring (bicyclic) bond motifs is 3. The van der Waals surface area contributed by atoms with Crippen molar-refractivity contribution < 1.29 is 24.2 Å². The van der Waals surface area contributed by atoms with Gasteiger partial charge in [0.2, 0.25) is 0 Å². The van der Waals surface area contributed by atoms with Crippen molar-refractivity contribution in [2.24, 2.45) is 7.05 Å². The summed E-state index contributed by atoms with van der Waals surface area (Å²) in [5.41, 5.74) is 5.32. The lowest BCUT2D eigenvalue weighted by Gasteiger charge is -2.20. The van der Waals surface area contributed by atoms with Crippen LogP contribution in [0.3, 0.4) is 0 Å². The number of hydrogen-bond acceptors (Lipinski definition) is 6. The van der Waals surface area contributed by atoms with E-state index in [0.29, 0.717) is 17.3 Å². The average molecular weight is 493 g/mol. The van der Waals surface area contributed by atoms with Crippen molar-refractivity contribution in [1.82, 2.24) is 20.0 Å². The Labute approximate surface area is 206 Å². The van der Waals surface area contributed by atoms with Crippen LogP contribution < -0.4 is 5.32 Å². The molecular formula is C25H24N4O5S. The number of ether oxygens (including phenoxy) is 1. The van der Waals surface area contributed by atoms with Gasteiger partial charge in [-0.2, -0.15) is 5.10 Å². The van der Waals surface area contributed by atoms with E-state index in [0.717, 1.165) is 22.3 Å². The summed E-state index contributed by atoms with van der Waals surface area (Å²) in [6, 6.07) is 16.9. The first-order valence-corrected chi connectivity index (χ1v) is 12.3. The van der Waals surface area contributed by atoms with E-state index in [2.05, 4.69) is 34.7 Å². The minimum Gasteiger partial charge on any atom is -0.480 e. The number of rotatable bonds is 6. The summed E-state index contributed by atoms with van der Waals surface area (Å²) in [5.74, 6) is -0.788. The molecule has 1 saturated heterocycles. The monoisotopic (exact) mass is 492 g/mol. The molecule has 1 atom stereocenters. The topological polar surface area (TPSA) is 114 Å². The summed E-state index contributed by atoms with van der Waals surface area (Å²) in [6.45, 7) is 0.282. The molecule has 0 radical (unpaired) electrons. The van der Waals surface area contributed by atoms with E-state index in [1.54, 1.807) is 13.1 Å². The van der Waals surface area contributed by atoms with E-state index in [4.69, 9.17) is 4.74 Å². The zero-order valence-electron chi connectivity index (χ0n) is 19.0. The molecule has 9 nitrogen and oxygen atoms in total. The van der Waals surface area contributed by atoms with E-state index >= 15 is 0 Å². The van der Waals surface area contributed by atoms with Gasteiger partial charge in [-0.3, -0.25) is 9.48 Å². The molecule has 1 fully saturated rings. The summed E-state index contributed by atoms with van der Waals surface area (Å²) in [4.78, 5) is 38.0. The predicted molar refractivity (Wildman–Crippen MR) is 130 cm³/mol. The first-order valence-electron chi connectivity index (χ1n) is 11.2. The number of benzene rings is 2. The standard InChI is InChI=1S/C25H24N4O5S/c1-28-21(23(30)29-14-35-13-22(29)24(31)32)10-15(27-28)11-26-25(33)34-12-20-18-8-4-2-6-16(18)17-7-3-5-9-19(17)20/h2-10,20,22H,11-14H2,1H3,(H,26,33)(H,31,32)/t22-/m0/s1. The Hall–Kier alpha value is -3.79. The number of aliphatic carboxylic acids is 1. The number of carboxylic acids is 1. The van der Waals surface area contributed by atoms with Gasteiger partial charge in [-0.25, -0.2) is 9.59 Å². The molecule has 0 bridgehead atoms. The van der Waals surface area contributed by atoms with Crippen molar-refractivity contribution in [2.45, 2.75) is 18.5 Å². The first-order chi connectivity index (χ1) is 16.9. The molecule has 1 aliphatic heterocycles. The number of carboxylic acid groups (broad SMARTS) is 1. The predicted octanol–water partition coefficient (Wildman–Crippen LogP) is 3.06. The average Bonchev–Trinajstić information content (AvgIpc) is 3.57. The second kappa shape index (κ2) is 9.46. The van der Waals surface area contributed by atoms with Gasteiger partial charge in [-0.1, -0.05) is 48.5 Å². The normalized spacial score (nSPS) is 16.6. The van der Waals surface area contributed by atoms with Crippen LogP contribution in [-0.4, -0.2) is 62.0 Å². The van der Waals surface area contributed by atoms with Crippen LogP contribution in [0.15, 0.2) is 54.6 Å². The van der Waals surface area contributed by atoms with E-state index in [9.17, 15) is 19.5 Å². The maximum absolute atomic E-state index is 12.9. The molecule has 2 aliphatic rings. The van der Waals surface area contributed by atoms with Gasteiger partial charge in [-0.15, -0.1) is 11.8 Å². The van der Waals surface area contributed by atoms with Crippen molar-refractivity contribution >= 4 is 29.7 Å². The number of hydrogen-bond donors (Lipinski definition) is 2. The Balaban J connectivity index is 1.20. The highest BCUT2D eigenvalue weighted by molar-refractivity contribution is 7.99. The summed E-state index contributed by atoms with van der Waals surface area (Å²) in [5, 5.41) is 16.3. The summed E-state index contributed by atoms with van der Waals surface area (Å²) >= 11 is 1.40. The SMILES string of the molecule is Cn1nc(CNC(=O)OCC2c3ccccc3-c3ccccc32)cc1C(=O)N1CSC[C@H]1C(=O)O. The number of thioether (sulfide) groups is 1. The van der Waals surface area contributed by atoms with Gasteiger partial charge in [0.1, 0.15) is 18.3 Å². The minimum absolute atomic E-state index is 0.0345. The molecule has 5 rings (SSSR count). The lowest BCUT2D eigenvalue weighted by atomic mass is 9.98. The molecule has 3 aromatic rings. The van der Waals surface area contributed by atoms with Gasteiger partial charge in [0.25, 0.3) is 5.91 Å². The Kier molecular flexibility index (Phi) is 6.21. The largest absolute Gasteiger partial charge is 0.480 e. The molecule has 1 aliphatic carbocycles. The zero-order chi connectivity index (χ0) is 24.5. The molecule has 2 amide bonds. The summed E-state index contributed by atoms with van der Waals surface area (Å²) < 4.78 is 6.94. The molecule has 0 spiro atoms. The van der Waals surface area contributed by atoms with Crippen LogP contribution in [0.1, 0.15) is 33.2 Å². The number of aromatic nitrogens is 2. The number of aryl methyl sites for hydroxylation is 1. The van der Waals surface area contributed by atoms with Gasteiger partial charge in [-0.05, 0) is 28.3 Å². The molecule has 0 saturated carbocycles. The minimum atomic E-state index is -1.03. The van der Waals surface area contributed by atoms with Crippen LogP contribution in [0.5, 0.6) is 0 Å². The van der Waals surface area contributed by atoms with Gasteiger partial charge >= 0.3 is 12.1 Å². The molecule has 2 N–H and O–H groups in total. The lowest BCUT2D eigenvalue weighted by Crippen LogP contribution is -2.42. The molecule has 2 aromatic carbocycles. The smallest absolute Gasteiger partial charge is 0.407 e. The quantitative estimate of drug-likeness (QED) is 0.544.